The van der Waals surface area contributed by atoms with Crippen molar-refractivity contribution in [2.45, 2.75) is 13.6 Å². The maximum Gasteiger partial charge on any atom is 0.365 e. The van der Waals surface area contributed by atoms with Crippen LogP contribution in [0.3, 0.4) is 0 Å². The average molecular weight is 454 g/mol. The van der Waals surface area contributed by atoms with Crippen molar-refractivity contribution in [1.82, 2.24) is 24.9 Å². The Hall–Kier alpha value is -4.15. The van der Waals surface area contributed by atoms with E-state index in [9.17, 15) is 18.8 Å². The fourth-order valence-corrected chi connectivity index (χ4v) is 3.56. The molecule has 2 amide bonds. The summed E-state index contributed by atoms with van der Waals surface area (Å²) in [6.45, 7) is 3.23. The van der Waals surface area contributed by atoms with Gasteiger partial charge >= 0.3 is 5.63 Å². The monoisotopic (exact) mass is 454 g/mol. The summed E-state index contributed by atoms with van der Waals surface area (Å²) >= 11 is 0. The van der Waals surface area contributed by atoms with Crippen LogP contribution < -0.4 is 15.8 Å². The van der Waals surface area contributed by atoms with Gasteiger partial charge in [-0.25, -0.2) is 14.2 Å². The van der Waals surface area contributed by atoms with E-state index in [4.69, 9.17) is 4.52 Å². The fourth-order valence-electron chi connectivity index (χ4n) is 3.56. The Morgan fingerprint density at radius 1 is 1.27 bits per heavy atom. The molecule has 0 aliphatic carbocycles. The van der Waals surface area contributed by atoms with Crippen LogP contribution in [0.1, 0.15) is 12.6 Å². The summed E-state index contributed by atoms with van der Waals surface area (Å²) < 4.78 is 21.1. The number of H-pyrrole nitrogens is 1. The Balaban J connectivity index is 1.39. The molecule has 1 aliphatic heterocycles. The van der Waals surface area contributed by atoms with Gasteiger partial charge in [0.05, 0.1) is 29.5 Å². The number of aromatic amines is 1. The van der Waals surface area contributed by atoms with Gasteiger partial charge in [0.25, 0.3) is 0 Å². The first-order valence-corrected chi connectivity index (χ1v) is 10.4. The van der Waals surface area contributed by atoms with Crippen molar-refractivity contribution >= 4 is 23.6 Å². The van der Waals surface area contributed by atoms with Crippen molar-refractivity contribution in [2.75, 3.05) is 31.1 Å². The number of carbonyl (C=O) groups is 2. The second-order valence-electron chi connectivity index (χ2n) is 7.54. The smallest absolute Gasteiger partial charge is 0.365 e. The summed E-state index contributed by atoms with van der Waals surface area (Å²) in [5.41, 5.74) is 1.03. The summed E-state index contributed by atoms with van der Waals surface area (Å²) in [5.74, 6) is -0.859. The number of amides is 2. The fraction of sp³-hybridized carbons (Fsp3) is 0.273. The van der Waals surface area contributed by atoms with Crippen molar-refractivity contribution in [1.29, 1.82) is 0 Å². The molecule has 33 heavy (non-hydrogen) atoms. The van der Waals surface area contributed by atoms with Crippen molar-refractivity contribution in [3.63, 3.8) is 0 Å². The number of nitrogens with zero attached hydrogens (tertiary/aromatic N) is 4. The lowest BCUT2D eigenvalue weighted by Crippen LogP contribution is -2.48. The Kier molecular flexibility index (Phi) is 6.38. The number of halogens is 1. The van der Waals surface area contributed by atoms with Gasteiger partial charge < -0.3 is 24.6 Å². The molecule has 10 nitrogen and oxygen atoms in total. The van der Waals surface area contributed by atoms with Crippen LogP contribution in [0.2, 0.25) is 0 Å². The highest BCUT2D eigenvalue weighted by molar-refractivity contribution is 5.91. The molecule has 0 spiro atoms. The number of hydrogen-bond acceptors (Lipinski definition) is 6. The largest absolute Gasteiger partial charge is 0.366 e. The average Bonchev–Trinajstić information content (AvgIpc) is 3.45. The van der Waals surface area contributed by atoms with Gasteiger partial charge in [-0.2, -0.15) is 4.74 Å². The molecule has 1 saturated heterocycles. The zero-order valence-electron chi connectivity index (χ0n) is 18.0. The molecule has 1 aromatic carbocycles. The van der Waals surface area contributed by atoms with Gasteiger partial charge in [0.2, 0.25) is 11.8 Å². The third-order valence-electron chi connectivity index (χ3n) is 5.28. The molecule has 2 N–H and O–H groups in total. The number of carbonyl (C=O) groups excluding carboxylic acids is 2. The summed E-state index contributed by atoms with van der Waals surface area (Å²) in [4.78, 5) is 46.0. The van der Waals surface area contributed by atoms with Crippen LogP contribution in [0, 0.1) is 5.82 Å². The lowest BCUT2D eigenvalue weighted by atomic mass is 10.1. The van der Waals surface area contributed by atoms with Gasteiger partial charge in [0, 0.05) is 45.4 Å². The van der Waals surface area contributed by atoms with E-state index in [-0.39, 0.29) is 24.0 Å². The van der Waals surface area contributed by atoms with Crippen LogP contribution in [-0.2, 0) is 16.3 Å². The highest BCUT2D eigenvalue weighted by Crippen LogP contribution is 2.26. The van der Waals surface area contributed by atoms with E-state index in [0.29, 0.717) is 43.1 Å². The molecule has 2 aromatic heterocycles. The van der Waals surface area contributed by atoms with Crippen LogP contribution in [-0.4, -0.2) is 57.6 Å². The number of imidazole rings is 1. The minimum absolute atomic E-state index is 0.00499. The van der Waals surface area contributed by atoms with Gasteiger partial charge in [-0.05, 0) is 23.8 Å². The predicted molar refractivity (Wildman–Crippen MR) is 119 cm³/mol. The third-order valence-corrected chi connectivity index (χ3v) is 5.28. The van der Waals surface area contributed by atoms with E-state index in [1.54, 1.807) is 29.3 Å². The summed E-state index contributed by atoms with van der Waals surface area (Å²) in [5, 5.41) is 2.52. The third kappa shape index (κ3) is 5.20. The minimum Gasteiger partial charge on any atom is -0.366 e. The molecule has 3 aromatic rings. The van der Waals surface area contributed by atoms with Crippen LogP contribution in [0.15, 0.2) is 52.3 Å². The Bertz CT molecular complexity index is 1220. The normalized spacial score (nSPS) is 14.1. The second-order valence-corrected chi connectivity index (χ2v) is 7.54. The number of piperazine rings is 1. The lowest BCUT2D eigenvalue weighted by molar-refractivity contribution is -0.126. The zero-order valence-corrected chi connectivity index (χ0v) is 18.0. The molecule has 0 radical (unpaired) electrons. The molecular formula is C22H23FN6O4. The van der Waals surface area contributed by atoms with E-state index >= 15 is 0 Å². The summed E-state index contributed by atoms with van der Waals surface area (Å²) in [7, 11) is 0. The molecule has 0 unspecified atom stereocenters. The number of hydrogen-bond donors (Lipinski definition) is 2. The highest BCUT2D eigenvalue weighted by Gasteiger charge is 2.22. The summed E-state index contributed by atoms with van der Waals surface area (Å²) in [6.07, 6.45) is 7.77. The second kappa shape index (κ2) is 9.55. The van der Waals surface area contributed by atoms with Gasteiger partial charge in [-0.1, -0.05) is 6.07 Å². The standard InChI is InChI=1S/C22H23FN6O4/c1-15(30)26-14-29-12-18(22(32)33-29)16-2-4-20(19(23)10-16)27-6-8-28(9-7-27)21(31)5-3-17-11-24-13-25-17/h2-5,10-13H,6-9,14H2,1H3,(H,24,25)(H,26,30)/b5-3+. The molecule has 1 fully saturated rings. The zero-order chi connectivity index (χ0) is 23.4. The van der Waals surface area contributed by atoms with Gasteiger partial charge in [0.1, 0.15) is 12.5 Å². The van der Waals surface area contributed by atoms with Crippen LogP contribution in [0.5, 0.6) is 0 Å². The quantitative estimate of drug-likeness (QED) is 0.545. The molecule has 3 heterocycles. The van der Waals surface area contributed by atoms with Crippen LogP contribution >= 0.6 is 0 Å². The lowest BCUT2D eigenvalue weighted by Gasteiger charge is -2.35. The number of nitrogens with one attached hydrogen (secondary N) is 2. The molecule has 0 saturated carbocycles. The van der Waals surface area contributed by atoms with E-state index in [1.807, 2.05) is 4.90 Å². The molecule has 0 bridgehead atoms. The van der Waals surface area contributed by atoms with E-state index in [1.165, 1.54) is 36.3 Å². The number of rotatable bonds is 6. The number of aromatic nitrogens is 3. The van der Waals surface area contributed by atoms with Crippen molar-refractivity contribution in [3.8, 4) is 11.1 Å². The van der Waals surface area contributed by atoms with Crippen LogP contribution in [0.4, 0.5) is 10.1 Å². The number of benzene rings is 1. The molecular weight excluding hydrogens is 431 g/mol. The predicted octanol–water partition coefficient (Wildman–Crippen LogP) is 1.43. The first-order chi connectivity index (χ1) is 15.9. The number of anilines is 1. The summed E-state index contributed by atoms with van der Waals surface area (Å²) in [6, 6.07) is 4.55. The van der Waals surface area contributed by atoms with E-state index < -0.39 is 11.4 Å². The van der Waals surface area contributed by atoms with Crippen molar-refractivity contribution < 1.29 is 18.5 Å². The molecule has 11 heteroatoms. The Labute approximate surface area is 188 Å². The Morgan fingerprint density at radius 3 is 2.73 bits per heavy atom. The van der Waals surface area contributed by atoms with Crippen molar-refractivity contribution in [2.24, 2.45) is 0 Å². The van der Waals surface area contributed by atoms with Crippen LogP contribution in [0.25, 0.3) is 17.2 Å². The van der Waals surface area contributed by atoms with Gasteiger partial charge in [-0.15, -0.1) is 0 Å². The molecule has 172 valence electrons. The van der Waals surface area contributed by atoms with E-state index in [2.05, 4.69) is 15.3 Å². The molecule has 1 aliphatic rings. The highest BCUT2D eigenvalue weighted by atomic mass is 19.1. The maximum atomic E-state index is 14.9. The minimum atomic E-state index is -0.623. The first-order valence-electron chi connectivity index (χ1n) is 10.4. The first kappa shape index (κ1) is 22.1. The Morgan fingerprint density at radius 2 is 2.06 bits per heavy atom. The van der Waals surface area contributed by atoms with E-state index in [0.717, 1.165) is 0 Å². The molecule has 4 rings (SSSR count). The van der Waals surface area contributed by atoms with Crippen molar-refractivity contribution in [3.05, 3.63) is 64.9 Å². The molecule has 0 atom stereocenters. The SMILES string of the molecule is CC(=O)NCn1cc(-c2ccc(N3CCN(C(=O)/C=C/c4c[nH]cn4)CC3)c(F)c2)c(=O)o1. The van der Waals surface area contributed by atoms with Gasteiger partial charge in [-0.3, -0.25) is 9.59 Å². The van der Waals surface area contributed by atoms with Gasteiger partial charge in [0.15, 0.2) is 0 Å². The maximum absolute atomic E-state index is 14.9. The topological polar surface area (TPSA) is 116 Å².